The Morgan fingerprint density at radius 2 is 1.62 bits per heavy atom. The number of hydrogen-bond donors (Lipinski definition) is 0. The summed E-state index contributed by atoms with van der Waals surface area (Å²) in [4.78, 5) is 38.7. The van der Waals surface area contributed by atoms with Gasteiger partial charge in [-0.1, -0.05) is 6.92 Å². The van der Waals surface area contributed by atoms with E-state index < -0.39 is 0 Å². The molecule has 0 spiro atoms. The van der Waals surface area contributed by atoms with Crippen LogP contribution in [0.25, 0.3) is 0 Å². The van der Waals surface area contributed by atoms with E-state index in [2.05, 4.69) is 0 Å². The van der Waals surface area contributed by atoms with E-state index in [1.165, 1.54) is 0 Å². The zero-order valence-corrected chi connectivity index (χ0v) is 14.3. The Morgan fingerprint density at radius 3 is 2.25 bits per heavy atom. The molecular weight excluding hydrogens is 308 g/mol. The normalized spacial score (nSPS) is 14.9. The average molecular weight is 332 g/mol. The first kappa shape index (κ1) is 18.0. The van der Waals surface area contributed by atoms with Crippen LogP contribution < -0.4 is 4.74 Å². The monoisotopic (exact) mass is 332 g/mol. The Bertz CT molecular complexity index is 598. The van der Waals surface area contributed by atoms with Gasteiger partial charge in [-0.25, -0.2) is 0 Å². The van der Waals surface area contributed by atoms with E-state index in [0.29, 0.717) is 43.9 Å². The molecule has 6 heteroatoms. The lowest BCUT2D eigenvalue weighted by Crippen LogP contribution is -2.38. The highest BCUT2D eigenvalue weighted by atomic mass is 16.5. The summed E-state index contributed by atoms with van der Waals surface area (Å²) in [7, 11) is 0. The van der Waals surface area contributed by atoms with Gasteiger partial charge in [0.2, 0.25) is 5.91 Å². The van der Waals surface area contributed by atoms with E-state index in [1.807, 2.05) is 6.92 Å². The van der Waals surface area contributed by atoms with Crippen molar-refractivity contribution >= 4 is 17.6 Å². The number of Topliss-reactive ketones (excluding diaryl/α,β-unsaturated/α-hetero) is 1. The van der Waals surface area contributed by atoms with Crippen molar-refractivity contribution in [2.75, 3.05) is 32.8 Å². The second-order valence-corrected chi connectivity index (χ2v) is 5.83. The van der Waals surface area contributed by atoms with Crippen LogP contribution in [-0.4, -0.2) is 60.2 Å². The molecule has 2 rings (SSSR count). The minimum absolute atomic E-state index is 0.0405. The van der Waals surface area contributed by atoms with Crippen molar-refractivity contribution in [2.45, 2.75) is 26.7 Å². The Labute approximate surface area is 142 Å². The van der Waals surface area contributed by atoms with Gasteiger partial charge in [-0.3, -0.25) is 14.4 Å². The van der Waals surface area contributed by atoms with Gasteiger partial charge in [-0.2, -0.15) is 0 Å². The van der Waals surface area contributed by atoms with Gasteiger partial charge in [0.25, 0.3) is 5.91 Å². The molecule has 1 aliphatic rings. The largest absolute Gasteiger partial charge is 0.484 e. The molecule has 1 aromatic rings. The van der Waals surface area contributed by atoms with Crippen molar-refractivity contribution in [1.82, 2.24) is 9.80 Å². The Hall–Kier alpha value is -2.37. The van der Waals surface area contributed by atoms with Crippen molar-refractivity contribution in [3.63, 3.8) is 0 Å². The highest BCUT2D eigenvalue weighted by molar-refractivity contribution is 5.95. The number of benzene rings is 1. The maximum atomic E-state index is 12.3. The summed E-state index contributed by atoms with van der Waals surface area (Å²) >= 11 is 0. The zero-order chi connectivity index (χ0) is 17.5. The van der Waals surface area contributed by atoms with Crippen LogP contribution in [0.2, 0.25) is 0 Å². The van der Waals surface area contributed by atoms with Crippen LogP contribution in [0.1, 0.15) is 37.0 Å². The number of rotatable bonds is 5. The molecule has 0 aliphatic carbocycles. The molecule has 130 valence electrons. The van der Waals surface area contributed by atoms with Crippen LogP contribution in [-0.2, 0) is 9.59 Å². The average Bonchev–Trinajstić information content (AvgIpc) is 2.85. The quantitative estimate of drug-likeness (QED) is 0.770. The highest BCUT2D eigenvalue weighted by Gasteiger charge is 2.20. The molecule has 2 amide bonds. The smallest absolute Gasteiger partial charge is 0.260 e. The maximum Gasteiger partial charge on any atom is 0.260 e. The van der Waals surface area contributed by atoms with Gasteiger partial charge in [0.05, 0.1) is 0 Å². The van der Waals surface area contributed by atoms with E-state index in [4.69, 9.17) is 4.74 Å². The number of ether oxygens (including phenoxy) is 1. The van der Waals surface area contributed by atoms with E-state index >= 15 is 0 Å². The van der Waals surface area contributed by atoms with Crippen LogP contribution in [0, 0.1) is 0 Å². The summed E-state index contributed by atoms with van der Waals surface area (Å²) < 4.78 is 5.52. The standard InChI is InChI=1S/C18H24N2O4/c1-3-17(22)15-5-7-16(8-6-15)24-13-18(23)20-10-4-9-19(11-12-20)14(2)21/h5-8H,3-4,9-13H2,1-2H3. The predicted molar refractivity (Wildman–Crippen MR) is 90.0 cm³/mol. The molecule has 1 aliphatic heterocycles. The lowest BCUT2D eigenvalue weighted by Gasteiger charge is -2.21. The molecule has 6 nitrogen and oxygen atoms in total. The second kappa shape index (κ2) is 8.47. The Morgan fingerprint density at radius 1 is 1.00 bits per heavy atom. The predicted octanol–water partition coefficient (Wildman–Crippen LogP) is 1.74. The molecule has 24 heavy (non-hydrogen) atoms. The second-order valence-electron chi connectivity index (χ2n) is 5.83. The van der Waals surface area contributed by atoms with Crippen molar-refractivity contribution in [3.05, 3.63) is 29.8 Å². The fraction of sp³-hybridized carbons (Fsp3) is 0.500. The molecule has 1 fully saturated rings. The molecular formula is C18H24N2O4. The topological polar surface area (TPSA) is 66.9 Å². The number of carbonyl (C=O) groups excluding carboxylic acids is 3. The summed E-state index contributed by atoms with van der Waals surface area (Å²) in [6.45, 7) is 5.75. The third-order valence-electron chi connectivity index (χ3n) is 4.15. The first-order valence-corrected chi connectivity index (χ1v) is 8.30. The van der Waals surface area contributed by atoms with Crippen molar-refractivity contribution < 1.29 is 19.1 Å². The molecule has 0 N–H and O–H groups in total. The molecule has 0 radical (unpaired) electrons. The minimum atomic E-state index is -0.0888. The third-order valence-corrected chi connectivity index (χ3v) is 4.15. The number of carbonyl (C=O) groups is 3. The number of amides is 2. The molecule has 0 atom stereocenters. The van der Waals surface area contributed by atoms with Gasteiger partial charge in [0.15, 0.2) is 12.4 Å². The van der Waals surface area contributed by atoms with Crippen molar-refractivity contribution in [3.8, 4) is 5.75 Å². The van der Waals surface area contributed by atoms with E-state index in [-0.39, 0.29) is 24.2 Å². The zero-order valence-electron chi connectivity index (χ0n) is 14.3. The van der Waals surface area contributed by atoms with Crippen molar-refractivity contribution in [2.24, 2.45) is 0 Å². The Kier molecular flexibility index (Phi) is 6.35. The van der Waals surface area contributed by atoms with Crippen molar-refractivity contribution in [1.29, 1.82) is 0 Å². The van der Waals surface area contributed by atoms with Crippen LogP contribution in [0.4, 0.5) is 0 Å². The molecule has 0 saturated carbocycles. The first-order valence-electron chi connectivity index (χ1n) is 8.30. The van der Waals surface area contributed by atoms with Gasteiger partial charge in [-0.05, 0) is 30.7 Å². The maximum absolute atomic E-state index is 12.3. The SMILES string of the molecule is CCC(=O)c1ccc(OCC(=O)N2CCCN(C(C)=O)CC2)cc1. The van der Waals surface area contributed by atoms with Crippen LogP contribution >= 0.6 is 0 Å². The van der Waals surface area contributed by atoms with Gasteiger partial charge in [0.1, 0.15) is 5.75 Å². The molecule has 1 aromatic carbocycles. The lowest BCUT2D eigenvalue weighted by molar-refractivity contribution is -0.134. The molecule has 0 bridgehead atoms. The van der Waals surface area contributed by atoms with E-state index in [0.717, 1.165) is 6.42 Å². The van der Waals surface area contributed by atoms with E-state index in [9.17, 15) is 14.4 Å². The van der Waals surface area contributed by atoms with Gasteiger partial charge >= 0.3 is 0 Å². The fourth-order valence-corrected chi connectivity index (χ4v) is 2.66. The van der Waals surface area contributed by atoms with Crippen LogP contribution in [0.3, 0.4) is 0 Å². The van der Waals surface area contributed by atoms with E-state index in [1.54, 1.807) is 41.0 Å². The minimum Gasteiger partial charge on any atom is -0.484 e. The highest BCUT2D eigenvalue weighted by Crippen LogP contribution is 2.14. The molecule has 1 heterocycles. The van der Waals surface area contributed by atoms with Gasteiger partial charge < -0.3 is 14.5 Å². The Balaban J connectivity index is 1.84. The summed E-state index contributed by atoms with van der Waals surface area (Å²) in [5.41, 5.74) is 0.646. The number of hydrogen-bond acceptors (Lipinski definition) is 4. The summed E-state index contributed by atoms with van der Waals surface area (Å²) in [6, 6.07) is 6.83. The van der Waals surface area contributed by atoms with Gasteiger partial charge in [-0.15, -0.1) is 0 Å². The number of ketones is 1. The molecule has 0 unspecified atom stereocenters. The third kappa shape index (κ3) is 4.81. The molecule has 0 aromatic heterocycles. The first-order chi connectivity index (χ1) is 11.5. The summed E-state index contributed by atoms with van der Waals surface area (Å²) in [6.07, 6.45) is 1.24. The van der Waals surface area contributed by atoms with Gasteiger partial charge in [0, 0.05) is 45.1 Å². The fourth-order valence-electron chi connectivity index (χ4n) is 2.66. The van der Waals surface area contributed by atoms with Crippen LogP contribution in [0.5, 0.6) is 5.75 Å². The lowest BCUT2D eigenvalue weighted by atomic mass is 10.1. The summed E-state index contributed by atoms with van der Waals surface area (Å²) in [5, 5.41) is 0. The number of nitrogens with zero attached hydrogens (tertiary/aromatic N) is 2. The molecule has 1 saturated heterocycles. The summed E-state index contributed by atoms with van der Waals surface area (Å²) in [5.74, 6) is 0.602. The van der Waals surface area contributed by atoms with Crippen LogP contribution in [0.15, 0.2) is 24.3 Å².